The van der Waals surface area contributed by atoms with E-state index in [9.17, 15) is 14.4 Å². The third-order valence-electron chi connectivity index (χ3n) is 4.08. The van der Waals surface area contributed by atoms with Crippen molar-refractivity contribution in [2.75, 3.05) is 0 Å². The first-order chi connectivity index (χ1) is 12.0. The maximum atomic E-state index is 12.5. The fraction of sp³-hybridized carbons (Fsp3) is 0.105. The second-order valence-corrected chi connectivity index (χ2v) is 5.65. The van der Waals surface area contributed by atoms with Crippen molar-refractivity contribution in [3.8, 4) is 0 Å². The molecule has 2 aromatic carbocycles. The minimum Gasteiger partial charge on any atom is -0.296 e. The molecule has 0 saturated heterocycles. The van der Waals surface area contributed by atoms with Crippen LogP contribution in [-0.4, -0.2) is 28.7 Å². The zero-order valence-electron chi connectivity index (χ0n) is 13.7. The number of benzene rings is 2. The van der Waals surface area contributed by atoms with Gasteiger partial charge in [0.2, 0.25) is 0 Å². The molecule has 0 aromatic heterocycles. The average molecular weight is 335 g/mol. The Morgan fingerprint density at radius 3 is 2.20 bits per heavy atom. The summed E-state index contributed by atoms with van der Waals surface area (Å²) in [6.07, 6.45) is 0. The topological polar surface area (TPSA) is 78.5 Å². The number of hydrazine groups is 1. The van der Waals surface area contributed by atoms with Gasteiger partial charge in [0, 0.05) is 22.4 Å². The van der Waals surface area contributed by atoms with Gasteiger partial charge < -0.3 is 0 Å². The fourth-order valence-electron chi connectivity index (χ4n) is 2.71. The van der Waals surface area contributed by atoms with Crippen LogP contribution in [0.15, 0.2) is 61.2 Å². The molecule has 0 saturated carbocycles. The smallest absolute Gasteiger partial charge is 0.269 e. The lowest BCUT2D eigenvalue weighted by atomic mass is 10.1. The van der Waals surface area contributed by atoms with Crippen LogP contribution >= 0.6 is 0 Å². The highest BCUT2D eigenvalue weighted by Gasteiger charge is 2.36. The van der Waals surface area contributed by atoms with Crippen molar-refractivity contribution in [1.29, 1.82) is 0 Å². The van der Waals surface area contributed by atoms with Crippen molar-refractivity contribution in [3.05, 3.63) is 77.9 Å². The number of carbonyl (C=O) groups excluding carboxylic acids is 3. The van der Waals surface area contributed by atoms with E-state index in [1.54, 1.807) is 55.5 Å². The van der Waals surface area contributed by atoms with Gasteiger partial charge in [0.25, 0.3) is 17.7 Å². The van der Waals surface area contributed by atoms with Crippen molar-refractivity contribution >= 4 is 23.4 Å². The van der Waals surface area contributed by atoms with Crippen LogP contribution in [0.5, 0.6) is 0 Å². The van der Waals surface area contributed by atoms with Gasteiger partial charge in [-0.1, -0.05) is 43.0 Å². The zero-order valence-corrected chi connectivity index (χ0v) is 13.7. The molecule has 1 aliphatic rings. The lowest BCUT2D eigenvalue weighted by Gasteiger charge is -2.24. The number of fused-ring (bicyclic) bond motifs is 1. The molecular weight excluding hydrogens is 318 g/mol. The molecule has 25 heavy (non-hydrogen) atoms. The molecule has 3 amide bonds. The summed E-state index contributed by atoms with van der Waals surface area (Å²) in [6.45, 7) is 5.49. The molecule has 0 spiro atoms. The molecule has 2 aromatic rings. The van der Waals surface area contributed by atoms with E-state index in [1.807, 2.05) is 6.07 Å². The number of amides is 3. The Morgan fingerprint density at radius 2 is 1.56 bits per heavy atom. The van der Waals surface area contributed by atoms with Gasteiger partial charge in [-0.05, 0) is 25.1 Å². The van der Waals surface area contributed by atoms with Gasteiger partial charge in [-0.15, -0.1) is 0 Å². The van der Waals surface area contributed by atoms with E-state index < -0.39 is 17.9 Å². The molecule has 1 aliphatic heterocycles. The lowest BCUT2D eigenvalue weighted by molar-refractivity contribution is -0.125. The summed E-state index contributed by atoms with van der Waals surface area (Å²) < 4.78 is 0. The van der Waals surface area contributed by atoms with Gasteiger partial charge in [0.1, 0.15) is 6.04 Å². The minimum atomic E-state index is -0.816. The van der Waals surface area contributed by atoms with Gasteiger partial charge in [-0.2, -0.15) is 0 Å². The molecule has 0 bridgehead atoms. The molecule has 1 heterocycles. The highest BCUT2D eigenvalue weighted by Crippen LogP contribution is 2.32. The fourth-order valence-corrected chi connectivity index (χ4v) is 2.71. The zero-order chi connectivity index (χ0) is 18.0. The van der Waals surface area contributed by atoms with E-state index in [0.717, 1.165) is 0 Å². The summed E-state index contributed by atoms with van der Waals surface area (Å²) in [5, 5.41) is 0. The molecule has 1 unspecified atom stereocenters. The van der Waals surface area contributed by atoms with Crippen molar-refractivity contribution in [2.24, 2.45) is 0 Å². The molecular formula is C19H17N3O3. The number of hydrogen-bond acceptors (Lipinski definition) is 3. The predicted molar refractivity (Wildman–Crippen MR) is 93.2 cm³/mol. The quantitative estimate of drug-likeness (QED) is 0.842. The predicted octanol–water partition coefficient (Wildman–Crippen LogP) is 1.96. The highest BCUT2D eigenvalue weighted by molar-refractivity contribution is 6.11. The monoisotopic (exact) mass is 335 g/mol. The molecule has 2 N–H and O–H groups in total. The first kappa shape index (κ1) is 16.4. The molecule has 0 fully saturated rings. The highest BCUT2D eigenvalue weighted by atomic mass is 16.2. The Bertz CT molecular complexity index is 826. The van der Waals surface area contributed by atoms with Gasteiger partial charge in [0.15, 0.2) is 0 Å². The van der Waals surface area contributed by atoms with Crippen LogP contribution in [0.1, 0.15) is 33.2 Å². The summed E-state index contributed by atoms with van der Waals surface area (Å²) in [5.41, 5.74) is 6.81. The van der Waals surface area contributed by atoms with E-state index in [0.29, 0.717) is 22.4 Å². The molecule has 1 atom stereocenters. The Hall–Kier alpha value is -3.41. The SMILES string of the molecule is C=C1c2ccccc2C(=O)N1C(C)C(=O)NNC(=O)c1ccccc1. The van der Waals surface area contributed by atoms with Crippen LogP contribution < -0.4 is 10.9 Å². The number of nitrogens with one attached hydrogen (secondary N) is 2. The van der Waals surface area contributed by atoms with Crippen molar-refractivity contribution in [1.82, 2.24) is 15.8 Å². The summed E-state index contributed by atoms with van der Waals surface area (Å²) in [7, 11) is 0. The van der Waals surface area contributed by atoms with E-state index in [2.05, 4.69) is 17.4 Å². The number of rotatable bonds is 3. The van der Waals surface area contributed by atoms with Crippen LogP contribution in [0.3, 0.4) is 0 Å². The Balaban J connectivity index is 1.67. The standard InChI is InChI=1S/C19H17N3O3/c1-12-15-10-6-7-11-16(15)19(25)22(12)13(2)17(23)20-21-18(24)14-8-4-3-5-9-14/h3-11,13H,1H2,2H3,(H,20,23)(H,21,24). The van der Waals surface area contributed by atoms with Crippen LogP contribution in [0, 0.1) is 0 Å². The van der Waals surface area contributed by atoms with Crippen molar-refractivity contribution in [2.45, 2.75) is 13.0 Å². The summed E-state index contributed by atoms with van der Waals surface area (Å²) >= 11 is 0. The van der Waals surface area contributed by atoms with Crippen LogP contribution in [0.2, 0.25) is 0 Å². The van der Waals surface area contributed by atoms with Gasteiger partial charge in [-0.3, -0.25) is 30.1 Å². The number of nitrogens with zero attached hydrogens (tertiary/aromatic N) is 1. The van der Waals surface area contributed by atoms with Crippen LogP contribution in [0.25, 0.3) is 5.70 Å². The van der Waals surface area contributed by atoms with Gasteiger partial charge >= 0.3 is 0 Å². The Labute approximate surface area is 145 Å². The van der Waals surface area contributed by atoms with E-state index >= 15 is 0 Å². The Morgan fingerprint density at radius 1 is 0.960 bits per heavy atom. The largest absolute Gasteiger partial charge is 0.296 e. The average Bonchev–Trinajstić information content (AvgIpc) is 2.90. The third kappa shape index (κ3) is 3.01. The van der Waals surface area contributed by atoms with Gasteiger partial charge in [-0.25, -0.2) is 0 Å². The van der Waals surface area contributed by atoms with E-state index in [1.165, 1.54) is 4.90 Å². The van der Waals surface area contributed by atoms with E-state index in [4.69, 9.17) is 0 Å². The van der Waals surface area contributed by atoms with E-state index in [-0.39, 0.29) is 5.91 Å². The summed E-state index contributed by atoms with van der Waals surface area (Å²) in [5.74, 6) is -1.22. The van der Waals surface area contributed by atoms with Crippen LogP contribution in [0.4, 0.5) is 0 Å². The molecule has 126 valence electrons. The van der Waals surface area contributed by atoms with Gasteiger partial charge in [0.05, 0.1) is 0 Å². The maximum Gasteiger partial charge on any atom is 0.269 e. The number of carbonyl (C=O) groups is 3. The number of hydrogen-bond donors (Lipinski definition) is 2. The molecule has 6 heteroatoms. The summed E-state index contributed by atoms with van der Waals surface area (Å²) in [6, 6.07) is 14.8. The lowest BCUT2D eigenvalue weighted by Crippen LogP contribution is -2.51. The first-order valence-corrected chi connectivity index (χ1v) is 7.78. The first-order valence-electron chi connectivity index (χ1n) is 7.78. The van der Waals surface area contributed by atoms with Crippen LogP contribution in [-0.2, 0) is 4.79 Å². The normalized spacial score (nSPS) is 14.0. The summed E-state index contributed by atoms with van der Waals surface area (Å²) in [4.78, 5) is 38.2. The molecule has 3 rings (SSSR count). The molecule has 0 aliphatic carbocycles. The minimum absolute atomic E-state index is 0.280. The second kappa shape index (κ2) is 6.60. The Kier molecular flexibility index (Phi) is 4.35. The van der Waals surface area contributed by atoms with Crippen molar-refractivity contribution in [3.63, 3.8) is 0 Å². The maximum absolute atomic E-state index is 12.5. The van der Waals surface area contributed by atoms with Crippen molar-refractivity contribution < 1.29 is 14.4 Å². The second-order valence-electron chi connectivity index (χ2n) is 5.65. The molecule has 0 radical (unpaired) electrons. The third-order valence-corrected chi connectivity index (χ3v) is 4.08. The molecule has 6 nitrogen and oxygen atoms in total.